The third-order valence-electron chi connectivity index (χ3n) is 1.96. The van der Waals surface area contributed by atoms with Gasteiger partial charge < -0.3 is 16.2 Å². The molecule has 8 heteroatoms. The Labute approximate surface area is 111 Å². The van der Waals surface area contributed by atoms with E-state index in [4.69, 9.17) is 10.8 Å². The van der Waals surface area contributed by atoms with Crippen molar-refractivity contribution in [2.75, 3.05) is 0 Å². The van der Waals surface area contributed by atoms with Crippen molar-refractivity contribution in [1.82, 2.24) is 10.3 Å². The van der Waals surface area contributed by atoms with Crippen molar-refractivity contribution < 1.29 is 19.5 Å². The van der Waals surface area contributed by atoms with Gasteiger partial charge in [-0.3, -0.25) is 9.59 Å². The van der Waals surface area contributed by atoms with Gasteiger partial charge in [0.15, 0.2) is 0 Å². The third kappa shape index (κ3) is 4.13. The number of nitrogens with zero attached hydrogens (tertiary/aromatic N) is 1. The fraction of sp³-hybridized carbons (Fsp3) is 0.200. The molecule has 4 N–H and O–H groups in total. The van der Waals surface area contributed by atoms with Crippen LogP contribution in [0.1, 0.15) is 16.9 Å². The van der Waals surface area contributed by atoms with Crippen molar-refractivity contribution in [3.63, 3.8) is 0 Å². The van der Waals surface area contributed by atoms with E-state index in [1.54, 1.807) is 12.1 Å². The highest BCUT2D eigenvalue weighted by Crippen LogP contribution is 2.06. The SMILES string of the molecule is NC(=O)C[C@H](NC(=O)c1cccc(Br)n1)C(=O)O. The van der Waals surface area contributed by atoms with Crippen LogP contribution >= 0.6 is 15.9 Å². The van der Waals surface area contributed by atoms with Crippen LogP contribution in [-0.2, 0) is 9.59 Å². The first kappa shape index (κ1) is 14.1. The Morgan fingerprint density at radius 3 is 2.61 bits per heavy atom. The Hall–Kier alpha value is -1.96. The lowest BCUT2D eigenvalue weighted by Crippen LogP contribution is -2.43. The van der Waals surface area contributed by atoms with Gasteiger partial charge in [-0.05, 0) is 28.1 Å². The van der Waals surface area contributed by atoms with Crippen LogP contribution in [0.3, 0.4) is 0 Å². The van der Waals surface area contributed by atoms with Crippen LogP contribution in [0.4, 0.5) is 0 Å². The number of nitrogens with one attached hydrogen (secondary N) is 1. The average molecular weight is 316 g/mol. The van der Waals surface area contributed by atoms with Gasteiger partial charge >= 0.3 is 5.97 Å². The number of aliphatic carboxylic acids is 1. The fourth-order valence-corrected chi connectivity index (χ4v) is 1.51. The summed E-state index contributed by atoms with van der Waals surface area (Å²) in [5, 5.41) is 11.0. The summed E-state index contributed by atoms with van der Waals surface area (Å²) >= 11 is 3.08. The van der Waals surface area contributed by atoms with Gasteiger partial charge in [0, 0.05) is 0 Å². The molecule has 7 nitrogen and oxygen atoms in total. The van der Waals surface area contributed by atoms with Gasteiger partial charge in [0.1, 0.15) is 16.3 Å². The zero-order valence-corrected chi connectivity index (χ0v) is 10.7. The minimum absolute atomic E-state index is 0.0418. The predicted octanol–water partition coefficient (Wildman–Crippen LogP) is -0.0975. The second kappa shape index (κ2) is 6.10. The average Bonchev–Trinajstić information content (AvgIpc) is 2.27. The third-order valence-corrected chi connectivity index (χ3v) is 2.40. The molecule has 1 heterocycles. The Morgan fingerprint density at radius 2 is 2.11 bits per heavy atom. The molecule has 0 saturated carbocycles. The summed E-state index contributed by atoms with van der Waals surface area (Å²) < 4.78 is 0.442. The van der Waals surface area contributed by atoms with Crippen molar-refractivity contribution in [2.24, 2.45) is 5.73 Å². The molecule has 0 unspecified atom stereocenters. The standard InChI is InChI=1S/C10H10BrN3O4/c11-7-3-1-2-5(13-7)9(16)14-6(10(17)18)4-8(12)15/h1-3,6H,4H2,(H2,12,15)(H,14,16)(H,17,18)/t6-/m0/s1. The number of nitrogens with two attached hydrogens (primary N) is 1. The molecule has 0 spiro atoms. The predicted molar refractivity (Wildman–Crippen MR) is 64.6 cm³/mol. The zero-order valence-electron chi connectivity index (χ0n) is 9.09. The van der Waals surface area contributed by atoms with E-state index in [9.17, 15) is 14.4 Å². The van der Waals surface area contributed by atoms with Crippen molar-refractivity contribution in [1.29, 1.82) is 0 Å². The molecule has 0 aliphatic rings. The van der Waals surface area contributed by atoms with Gasteiger partial charge in [0.2, 0.25) is 5.91 Å². The van der Waals surface area contributed by atoms with E-state index in [2.05, 4.69) is 26.2 Å². The second-order valence-corrected chi connectivity index (χ2v) is 4.19. The van der Waals surface area contributed by atoms with Crippen molar-refractivity contribution in [3.05, 3.63) is 28.5 Å². The number of carbonyl (C=O) groups is 3. The molecule has 0 aromatic carbocycles. The number of primary amides is 1. The molecule has 1 atom stereocenters. The molecule has 1 rings (SSSR count). The van der Waals surface area contributed by atoms with Crippen LogP contribution < -0.4 is 11.1 Å². The van der Waals surface area contributed by atoms with Gasteiger partial charge in [-0.25, -0.2) is 9.78 Å². The molecule has 0 fully saturated rings. The number of amides is 2. The molecule has 0 aliphatic carbocycles. The number of halogens is 1. The number of aromatic nitrogens is 1. The molecule has 0 aliphatic heterocycles. The maximum atomic E-state index is 11.7. The minimum Gasteiger partial charge on any atom is -0.480 e. The van der Waals surface area contributed by atoms with Crippen LogP contribution in [0.15, 0.2) is 22.8 Å². The maximum Gasteiger partial charge on any atom is 0.326 e. The summed E-state index contributed by atoms with van der Waals surface area (Å²) in [6.45, 7) is 0. The van der Waals surface area contributed by atoms with Crippen molar-refractivity contribution >= 4 is 33.7 Å². The second-order valence-electron chi connectivity index (χ2n) is 3.38. The summed E-state index contributed by atoms with van der Waals surface area (Å²) in [5.41, 5.74) is 4.93. The number of carbonyl (C=O) groups excluding carboxylic acids is 2. The molecule has 18 heavy (non-hydrogen) atoms. The highest BCUT2D eigenvalue weighted by atomic mass is 79.9. The van der Waals surface area contributed by atoms with Crippen LogP contribution in [0.2, 0.25) is 0 Å². The Balaban J connectivity index is 2.78. The fourth-order valence-electron chi connectivity index (χ4n) is 1.17. The lowest BCUT2D eigenvalue weighted by molar-refractivity contribution is -0.140. The Morgan fingerprint density at radius 1 is 1.44 bits per heavy atom. The van der Waals surface area contributed by atoms with Crippen LogP contribution in [0.25, 0.3) is 0 Å². The van der Waals surface area contributed by atoms with E-state index in [1.165, 1.54) is 6.07 Å². The van der Waals surface area contributed by atoms with E-state index in [1.807, 2.05) is 0 Å². The molecule has 0 saturated heterocycles. The van der Waals surface area contributed by atoms with Crippen LogP contribution in [-0.4, -0.2) is 33.9 Å². The molecular weight excluding hydrogens is 306 g/mol. The molecule has 1 aromatic rings. The van der Waals surface area contributed by atoms with Gasteiger partial charge in [0.25, 0.3) is 5.91 Å². The Kier molecular flexibility index (Phi) is 4.78. The number of rotatable bonds is 5. The summed E-state index contributed by atoms with van der Waals surface area (Å²) in [7, 11) is 0. The molecular formula is C10H10BrN3O4. The lowest BCUT2D eigenvalue weighted by atomic mass is 10.2. The highest BCUT2D eigenvalue weighted by Gasteiger charge is 2.23. The summed E-state index contributed by atoms with van der Waals surface area (Å²) in [5.74, 6) is -2.84. The minimum atomic E-state index is -1.37. The quantitative estimate of drug-likeness (QED) is 0.655. The number of pyridine rings is 1. The molecule has 2 amide bonds. The van der Waals surface area contributed by atoms with E-state index >= 15 is 0 Å². The first-order chi connectivity index (χ1) is 8.40. The zero-order chi connectivity index (χ0) is 13.7. The highest BCUT2D eigenvalue weighted by molar-refractivity contribution is 9.10. The lowest BCUT2D eigenvalue weighted by Gasteiger charge is -2.12. The smallest absolute Gasteiger partial charge is 0.326 e. The van der Waals surface area contributed by atoms with E-state index in [-0.39, 0.29) is 5.69 Å². The molecule has 1 aromatic heterocycles. The van der Waals surface area contributed by atoms with E-state index in [0.717, 1.165) is 0 Å². The van der Waals surface area contributed by atoms with Gasteiger partial charge in [-0.2, -0.15) is 0 Å². The molecule has 0 radical (unpaired) electrons. The largest absolute Gasteiger partial charge is 0.480 e. The van der Waals surface area contributed by atoms with Crippen molar-refractivity contribution in [3.8, 4) is 0 Å². The van der Waals surface area contributed by atoms with E-state index in [0.29, 0.717) is 4.60 Å². The van der Waals surface area contributed by atoms with Gasteiger partial charge in [0.05, 0.1) is 6.42 Å². The monoisotopic (exact) mass is 315 g/mol. The summed E-state index contributed by atoms with van der Waals surface area (Å²) in [6.07, 6.45) is -0.477. The topological polar surface area (TPSA) is 122 Å². The summed E-state index contributed by atoms with van der Waals surface area (Å²) in [6, 6.07) is 3.25. The molecule has 0 bridgehead atoms. The number of carboxylic acids is 1. The van der Waals surface area contributed by atoms with Crippen LogP contribution in [0, 0.1) is 0 Å². The first-order valence-electron chi connectivity index (χ1n) is 4.84. The van der Waals surface area contributed by atoms with Gasteiger partial charge in [-0.1, -0.05) is 6.07 Å². The van der Waals surface area contributed by atoms with Crippen molar-refractivity contribution in [2.45, 2.75) is 12.5 Å². The van der Waals surface area contributed by atoms with E-state index < -0.39 is 30.2 Å². The summed E-state index contributed by atoms with van der Waals surface area (Å²) in [4.78, 5) is 37.0. The molecule has 96 valence electrons. The van der Waals surface area contributed by atoms with Crippen LogP contribution in [0.5, 0.6) is 0 Å². The number of hydrogen-bond donors (Lipinski definition) is 3. The first-order valence-corrected chi connectivity index (χ1v) is 5.64. The van der Waals surface area contributed by atoms with Gasteiger partial charge in [-0.15, -0.1) is 0 Å². The Bertz CT molecular complexity index is 492. The number of hydrogen-bond acceptors (Lipinski definition) is 4. The number of carboxylic acid groups (broad SMARTS) is 1. The maximum absolute atomic E-state index is 11.7. The normalized spacial score (nSPS) is 11.6.